The van der Waals surface area contributed by atoms with Gasteiger partial charge in [-0.25, -0.2) is 4.79 Å². The Labute approximate surface area is 118 Å². The number of carbonyl (C=O) groups is 2. The van der Waals surface area contributed by atoms with Crippen LogP contribution in [0.2, 0.25) is 0 Å². The van der Waals surface area contributed by atoms with Crippen LogP contribution in [0.5, 0.6) is 5.75 Å². The van der Waals surface area contributed by atoms with Gasteiger partial charge in [-0.2, -0.15) is 0 Å². The lowest BCUT2D eigenvalue weighted by atomic mass is 9.87. The predicted molar refractivity (Wildman–Crippen MR) is 75.7 cm³/mol. The van der Waals surface area contributed by atoms with Crippen molar-refractivity contribution in [2.75, 3.05) is 6.61 Å². The molecule has 0 spiro atoms. The van der Waals surface area contributed by atoms with Gasteiger partial charge in [0.1, 0.15) is 11.8 Å². The second kappa shape index (κ2) is 6.41. The standard InChI is InChI=1S/C15H21NO4/c1-10-5-7-11(8-6-10)20-9-12(17)16-13(14(18)19)15(2,3)4/h5-8,13H,9H2,1-4H3,(H,16,17)(H,18,19). The molecule has 1 amide bonds. The molecule has 1 unspecified atom stereocenters. The number of carboxylic acids is 1. The van der Waals surface area contributed by atoms with Gasteiger partial charge in [-0.3, -0.25) is 4.79 Å². The Kier molecular flexibility index (Phi) is 5.13. The van der Waals surface area contributed by atoms with E-state index in [2.05, 4.69) is 5.32 Å². The lowest BCUT2D eigenvalue weighted by Crippen LogP contribution is -2.50. The fraction of sp³-hybridized carbons (Fsp3) is 0.467. The van der Waals surface area contributed by atoms with E-state index in [1.165, 1.54) is 0 Å². The summed E-state index contributed by atoms with van der Waals surface area (Å²) in [6, 6.07) is 6.34. The molecule has 1 atom stereocenters. The summed E-state index contributed by atoms with van der Waals surface area (Å²) < 4.78 is 5.31. The van der Waals surface area contributed by atoms with E-state index in [0.717, 1.165) is 5.56 Å². The van der Waals surface area contributed by atoms with Gasteiger partial charge in [0, 0.05) is 0 Å². The first-order chi connectivity index (χ1) is 9.20. The molecule has 0 aromatic heterocycles. The van der Waals surface area contributed by atoms with Crippen LogP contribution in [0, 0.1) is 12.3 Å². The highest BCUT2D eigenvalue weighted by Gasteiger charge is 2.32. The zero-order chi connectivity index (χ0) is 15.3. The Morgan fingerprint density at radius 2 is 1.80 bits per heavy atom. The molecule has 0 aliphatic carbocycles. The Hall–Kier alpha value is -2.04. The Bertz CT molecular complexity index is 474. The number of carbonyl (C=O) groups excluding carboxylic acids is 1. The number of amides is 1. The summed E-state index contributed by atoms with van der Waals surface area (Å²) in [7, 11) is 0. The normalized spacial score (nSPS) is 12.6. The van der Waals surface area contributed by atoms with Crippen molar-refractivity contribution in [2.45, 2.75) is 33.7 Å². The predicted octanol–water partition coefficient (Wildman–Crippen LogP) is 1.99. The van der Waals surface area contributed by atoms with Crippen LogP contribution in [0.3, 0.4) is 0 Å². The van der Waals surface area contributed by atoms with E-state index in [0.29, 0.717) is 5.75 Å². The molecule has 2 N–H and O–H groups in total. The van der Waals surface area contributed by atoms with Gasteiger partial charge >= 0.3 is 5.97 Å². The van der Waals surface area contributed by atoms with Gasteiger partial charge in [0.15, 0.2) is 6.61 Å². The summed E-state index contributed by atoms with van der Waals surface area (Å²) in [5.74, 6) is -0.928. The third-order valence-corrected chi connectivity index (χ3v) is 2.81. The van der Waals surface area contributed by atoms with Gasteiger partial charge in [0.05, 0.1) is 0 Å². The second-order valence-electron chi connectivity index (χ2n) is 5.81. The summed E-state index contributed by atoms with van der Waals surface area (Å²) in [6.07, 6.45) is 0. The molecule has 1 aromatic carbocycles. The third-order valence-electron chi connectivity index (χ3n) is 2.81. The molecule has 5 heteroatoms. The molecule has 0 aliphatic rings. The van der Waals surface area contributed by atoms with Crippen molar-refractivity contribution >= 4 is 11.9 Å². The summed E-state index contributed by atoms with van der Waals surface area (Å²) >= 11 is 0. The van der Waals surface area contributed by atoms with E-state index in [1.54, 1.807) is 32.9 Å². The van der Waals surface area contributed by atoms with Gasteiger partial charge in [-0.15, -0.1) is 0 Å². The molecule has 110 valence electrons. The lowest BCUT2D eigenvalue weighted by Gasteiger charge is -2.27. The molecule has 0 saturated carbocycles. The zero-order valence-electron chi connectivity index (χ0n) is 12.3. The molecule has 0 heterocycles. The highest BCUT2D eigenvalue weighted by molar-refractivity contribution is 5.84. The second-order valence-corrected chi connectivity index (χ2v) is 5.81. The number of ether oxygens (including phenoxy) is 1. The molecule has 1 rings (SSSR count). The quantitative estimate of drug-likeness (QED) is 0.864. The van der Waals surface area contributed by atoms with E-state index in [9.17, 15) is 9.59 Å². The van der Waals surface area contributed by atoms with E-state index >= 15 is 0 Å². The van der Waals surface area contributed by atoms with Crippen molar-refractivity contribution in [1.82, 2.24) is 5.32 Å². The van der Waals surface area contributed by atoms with E-state index in [4.69, 9.17) is 9.84 Å². The van der Waals surface area contributed by atoms with Crippen LogP contribution in [-0.4, -0.2) is 29.6 Å². The maximum atomic E-state index is 11.7. The fourth-order valence-electron chi connectivity index (χ4n) is 1.63. The number of aryl methyl sites for hydroxylation is 1. The van der Waals surface area contributed by atoms with Gasteiger partial charge in [0.2, 0.25) is 0 Å². The average molecular weight is 279 g/mol. The minimum atomic E-state index is -1.05. The molecule has 5 nitrogen and oxygen atoms in total. The summed E-state index contributed by atoms with van der Waals surface area (Å²) in [5.41, 5.74) is 0.534. The number of rotatable bonds is 5. The lowest BCUT2D eigenvalue weighted by molar-refractivity contribution is -0.145. The van der Waals surface area contributed by atoms with Gasteiger partial charge in [-0.05, 0) is 24.5 Å². The first-order valence-corrected chi connectivity index (χ1v) is 6.42. The number of carboxylic acid groups (broad SMARTS) is 1. The highest BCUT2D eigenvalue weighted by atomic mass is 16.5. The smallest absolute Gasteiger partial charge is 0.326 e. The molecule has 1 aromatic rings. The third kappa shape index (κ3) is 4.91. The van der Waals surface area contributed by atoms with Crippen molar-refractivity contribution in [3.63, 3.8) is 0 Å². The summed E-state index contributed by atoms with van der Waals surface area (Å²) in [5, 5.41) is 11.6. The monoisotopic (exact) mass is 279 g/mol. The van der Waals surface area contributed by atoms with Crippen LogP contribution in [0.25, 0.3) is 0 Å². The van der Waals surface area contributed by atoms with Crippen molar-refractivity contribution in [1.29, 1.82) is 0 Å². The minimum absolute atomic E-state index is 0.205. The van der Waals surface area contributed by atoms with Gasteiger partial charge < -0.3 is 15.2 Å². The first-order valence-electron chi connectivity index (χ1n) is 6.42. The summed E-state index contributed by atoms with van der Waals surface area (Å²) in [6.45, 7) is 7.02. The molecule has 0 fully saturated rings. The maximum Gasteiger partial charge on any atom is 0.326 e. The Morgan fingerprint density at radius 3 is 2.25 bits per heavy atom. The van der Waals surface area contributed by atoms with Gasteiger partial charge in [-0.1, -0.05) is 38.5 Å². The molecule has 0 radical (unpaired) electrons. The average Bonchev–Trinajstić information content (AvgIpc) is 2.33. The number of nitrogens with one attached hydrogen (secondary N) is 1. The van der Waals surface area contributed by atoms with E-state index in [-0.39, 0.29) is 6.61 Å². The maximum absolute atomic E-state index is 11.7. The SMILES string of the molecule is Cc1ccc(OCC(=O)NC(C(=O)O)C(C)(C)C)cc1. The van der Waals surface area contributed by atoms with Crippen LogP contribution in [0.4, 0.5) is 0 Å². The minimum Gasteiger partial charge on any atom is -0.484 e. The van der Waals surface area contributed by atoms with Crippen LogP contribution < -0.4 is 10.1 Å². The number of hydrogen-bond donors (Lipinski definition) is 2. The fourth-order valence-corrected chi connectivity index (χ4v) is 1.63. The van der Waals surface area contributed by atoms with Crippen LogP contribution in [0.1, 0.15) is 26.3 Å². The molecule has 20 heavy (non-hydrogen) atoms. The molecule has 0 aliphatic heterocycles. The van der Waals surface area contributed by atoms with Crippen molar-refractivity contribution in [3.05, 3.63) is 29.8 Å². The zero-order valence-corrected chi connectivity index (χ0v) is 12.3. The van der Waals surface area contributed by atoms with E-state index in [1.807, 2.05) is 19.1 Å². The van der Waals surface area contributed by atoms with E-state index < -0.39 is 23.3 Å². The highest BCUT2D eigenvalue weighted by Crippen LogP contribution is 2.19. The molecular formula is C15H21NO4. The molecule has 0 saturated heterocycles. The number of benzene rings is 1. The Morgan fingerprint density at radius 1 is 1.25 bits per heavy atom. The van der Waals surface area contributed by atoms with Crippen LogP contribution in [-0.2, 0) is 9.59 Å². The van der Waals surface area contributed by atoms with Crippen molar-refractivity contribution < 1.29 is 19.4 Å². The first kappa shape index (κ1) is 16.0. The van der Waals surface area contributed by atoms with Gasteiger partial charge in [0.25, 0.3) is 5.91 Å². The molecule has 0 bridgehead atoms. The number of aliphatic carboxylic acids is 1. The van der Waals surface area contributed by atoms with Crippen LogP contribution in [0.15, 0.2) is 24.3 Å². The molecular weight excluding hydrogens is 258 g/mol. The van der Waals surface area contributed by atoms with Crippen molar-refractivity contribution in [2.24, 2.45) is 5.41 Å². The van der Waals surface area contributed by atoms with Crippen molar-refractivity contribution in [3.8, 4) is 5.75 Å². The summed E-state index contributed by atoms with van der Waals surface area (Å²) in [4.78, 5) is 22.9. The number of hydrogen-bond acceptors (Lipinski definition) is 3. The topological polar surface area (TPSA) is 75.6 Å². The Balaban J connectivity index is 2.54. The van der Waals surface area contributed by atoms with Crippen LogP contribution >= 0.6 is 0 Å². The largest absolute Gasteiger partial charge is 0.484 e.